The van der Waals surface area contributed by atoms with Gasteiger partial charge in [-0.2, -0.15) is 0 Å². The van der Waals surface area contributed by atoms with E-state index in [-0.39, 0.29) is 0 Å². The van der Waals surface area contributed by atoms with E-state index in [1.165, 1.54) is 19.4 Å². The van der Waals surface area contributed by atoms with Crippen LogP contribution in [0.4, 0.5) is 0 Å². The van der Waals surface area contributed by atoms with Gasteiger partial charge in [0.1, 0.15) is 0 Å². The van der Waals surface area contributed by atoms with Gasteiger partial charge in [-0.1, -0.05) is 20.8 Å². The van der Waals surface area contributed by atoms with Crippen molar-refractivity contribution in [3.05, 3.63) is 0 Å². The molecule has 0 atom stereocenters. The second-order valence-corrected chi connectivity index (χ2v) is 4.07. The molecular formula is C11H26N2. The number of nitrogens with zero attached hydrogens (tertiary/aromatic N) is 1. The largest absolute Gasteiger partial charge is 0.319 e. The Kier molecular flexibility index (Phi) is 6.35. The van der Waals surface area contributed by atoms with Crippen LogP contribution in [0.15, 0.2) is 0 Å². The van der Waals surface area contributed by atoms with Crippen molar-refractivity contribution in [3.63, 3.8) is 0 Å². The summed E-state index contributed by atoms with van der Waals surface area (Å²) in [4.78, 5) is 2.41. The first-order valence-electron chi connectivity index (χ1n) is 5.47. The van der Waals surface area contributed by atoms with Crippen LogP contribution in [0.1, 0.15) is 33.6 Å². The van der Waals surface area contributed by atoms with Gasteiger partial charge in [0.05, 0.1) is 0 Å². The molecule has 0 unspecified atom stereocenters. The lowest BCUT2D eigenvalue weighted by atomic mass is 9.81. The maximum atomic E-state index is 3.31. The van der Waals surface area contributed by atoms with Crippen molar-refractivity contribution in [1.82, 2.24) is 10.2 Å². The van der Waals surface area contributed by atoms with Gasteiger partial charge in [-0.15, -0.1) is 0 Å². The normalized spacial score (nSPS) is 12.5. The molecule has 80 valence electrons. The molecule has 0 aromatic carbocycles. The van der Waals surface area contributed by atoms with Crippen LogP contribution in [0.3, 0.4) is 0 Å². The molecule has 0 spiro atoms. The molecule has 0 fully saturated rings. The molecule has 0 amide bonds. The summed E-state index contributed by atoms with van der Waals surface area (Å²) in [7, 11) is 4.25. The summed E-state index contributed by atoms with van der Waals surface area (Å²) >= 11 is 0. The van der Waals surface area contributed by atoms with E-state index in [0.717, 1.165) is 13.1 Å². The molecule has 1 N–H and O–H groups in total. The van der Waals surface area contributed by atoms with Crippen molar-refractivity contribution in [2.45, 2.75) is 33.6 Å². The maximum Gasteiger partial charge on any atom is 0.00468 e. The third-order valence-corrected chi connectivity index (χ3v) is 3.20. The second kappa shape index (κ2) is 6.39. The molecule has 0 saturated carbocycles. The summed E-state index contributed by atoms with van der Waals surface area (Å²) in [6, 6.07) is 0. The van der Waals surface area contributed by atoms with Gasteiger partial charge < -0.3 is 10.2 Å². The predicted octanol–water partition coefficient (Wildman–Crippen LogP) is 1.96. The number of nitrogens with one attached hydrogen (secondary N) is 1. The average molecular weight is 186 g/mol. The molecule has 2 nitrogen and oxygen atoms in total. The van der Waals surface area contributed by atoms with Gasteiger partial charge in [0.25, 0.3) is 0 Å². The van der Waals surface area contributed by atoms with Gasteiger partial charge >= 0.3 is 0 Å². The predicted molar refractivity (Wildman–Crippen MR) is 60.1 cm³/mol. The quantitative estimate of drug-likeness (QED) is 0.654. The first-order chi connectivity index (χ1) is 6.14. The zero-order valence-corrected chi connectivity index (χ0v) is 9.98. The van der Waals surface area contributed by atoms with Gasteiger partial charge in [-0.25, -0.2) is 0 Å². The lowest BCUT2D eigenvalue weighted by molar-refractivity contribution is 0.163. The topological polar surface area (TPSA) is 15.3 Å². The van der Waals surface area contributed by atoms with E-state index in [1.807, 2.05) is 7.05 Å². The molecule has 0 aliphatic carbocycles. The van der Waals surface area contributed by atoms with E-state index in [4.69, 9.17) is 0 Å². The summed E-state index contributed by atoms with van der Waals surface area (Å²) in [6.07, 6.45) is 2.52. The third-order valence-electron chi connectivity index (χ3n) is 3.20. The molecule has 2 heteroatoms. The Morgan fingerprint density at radius 3 is 2.00 bits per heavy atom. The molecule has 0 aliphatic rings. The number of hydrogen-bond donors (Lipinski definition) is 1. The van der Waals surface area contributed by atoms with Gasteiger partial charge in [0.2, 0.25) is 0 Å². The molecule has 0 aromatic rings. The van der Waals surface area contributed by atoms with Crippen molar-refractivity contribution in [2.75, 3.05) is 33.7 Å². The van der Waals surface area contributed by atoms with E-state index >= 15 is 0 Å². The fraction of sp³-hybridized carbons (Fsp3) is 1.00. The molecule has 0 aromatic heterocycles. The highest BCUT2D eigenvalue weighted by Gasteiger charge is 2.26. The number of rotatable bonds is 7. The minimum Gasteiger partial charge on any atom is -0.319 e. The fourth-order valence-corrected chi connectivity index (χ4v) is 1.84. The van der Waals surface area contributed by atoms with Crippen molar-refractivity contribution in [3.8, 4) is 0 Å². The van der Waals surface area contributed by atoms with E-state index in [1.54, 1.807) is 0 Å². The van der Waals surface area contributed by atoms with Crippen molar-refractivity contribution in [1.29, 1.82) is 0 Å². The highest BCUT2D eigenvalue weighted by Crippen LogP contribution is 2.26. The zero-order chi connectivity index (χ0) is 10.3. The molecule has 0 radical (unpaired) electrons. The SMILES string of the molecule is CCN(C)CC(CC)(CC)CNC. The van der Waals surface area contributed by atoms with Gasteiger partial charge in [0, 0.05) is 13.1 Å². The summed E-state index contributed by atoms with van der Waals surface area (Å²) in [5.74, 6) is 0. The summed E-state index contributed by atoms with van der Waals surface area (Å²) in [5.41, 5.74) is 0.472. The monoisotopic (exact) mass is 186 g/mol. The minimum atomic E-state index is 0.472. The molecule has 0 heterocycles. The molecule has 0 saturated heterocycles. The lowest BCUT2D eigenvalue weighted by Crippen LogP contribution is -2.41. The van der Waals surface area contributed by atoms with Crippen LogP contribution in [0.5, 0.6) is 0 Å². The lowest BCUT2D eigenvalue weighted by Gasteiger charge is -2.35. The molecule has 0 bridgehead atoms. The van der Waals surface area contributed by atoms with Crippen molar-refractivity contribution < 1.29 is 0 Å². The van der Waals surface area contributed by atoms with E-state index in [0.29, 0.717) is 5.41 Å². The molecule has 13 heavy (non-hydrogen) atoms. The Morgan fingerprint density at radius 2 is 1.69 bits per heavy atom. The fourth-order valence-electron chi connectivity index (χ4n) is 1.84. The smallest absolute Gasteiger partial charge is 0.00468 e. The van der Waals surface area contributed by atoms with Crippen LogP contribution in [-0.2, 0) is 0 Å². The number of hydrogen-bond acceptors (Lipinski definition) is 2. The molecular weight excluding hydrogens is 160 g/mol. The van der Waals surface area contributed by atoms with Crippen LogP contribution in [0, 0.1) is 5.41 Å². The Labute approximate surface area is 83.7 Å². The van der Waals surface area contributed by atoms with Crippen LogP contribution in [0.25, 0.3) is 0 Å². The standard InChI is InChI=1S/C11H26N2/c1-6-11(7-2,9-12-4)10-13(5)8-3/h12H,6-10H2,1-5H3. The van der Waals surface area contributed by atoms with E-state index < -0.39 is 0 Å². The third kappa shape index (κ3) is 4.10. The van der Waals surface area contributed by atoms with Crippen LogP contribution < -0.4 is 5.32 Å². The average Bonchev–Trinajstić information content (AvgIpc) is 2.17. The Balaban J connectivity index is 4.19. The van der Waals surface area contributed by atoms with Gasteiger partial charge in [-0.05, 0) is 38.9 Å². The molecule has 0 rings (SSSR count). The first kappa shape index (κ1) is 12.9. The second-order valence-electron chi connectivity index (χ2n) is 4.07. The minimum absolute atomic E-state index is 0.472. The Morgan fingerprint density at radius 1 is 1.15 bits per heavy atom. The van der Waals surface area contributed by atoms with E-state index in [2.05, 4.69) is 38.0 Å². The Hall–Kier alpha value is -0.0800. The van der Waals surface area contributed by atoms with Crippen LogP contribution in [0.2, 0.25) is 0 Å². The van der Waals surface area contributed by atoms with Crippen LogP contribution >= 0.6 is 0 Å². The summed E-state index contributed by atoms with van der Waals surface area (Å²) in [5, 5.41) is 3.31. The maximum absolute atomic E-state index is 3.31. The van der Waals surface area contributed by atoms with Gasteiger partial charge in [0.15, 0.2) is 0 Å². The zero-order valence-electron chi connectivity index (χ0n) is 9.98. The van der Waals surface area contributed by atoms with Crippen molar-refractivity contribution in [2.24, 2.45) is 5.41 Å². The van der Waals surface area contributed by atoms with Crippen molar-refractivity contribution >= 4 is 0 Å². The molecule has 0 aliphatic heterocycles. The summed E-state index contributed by atoms with van der Waals surface area (Å²) < 4.78 is 0. The van der Waals surface area contributed by atoms with E-state index in [9.17, 15) is 0 Å². The van der Waals surface area contributed by atoms with Crippen LogP contribution in [-0.4, -0.2) is 38.6 Å². The summed E-state index contributed by atoms with van der Waals surface area (Å²) in [6.45, 7) is 10.3. The highest BCUT2D eigenvalue weighted by atomic mass is 15.1. The highest BCUT2D eigenvalue weighted by molar-refractivity contribution is 4.81. The van der Waals surface area contributed by atoms with Gasteiger partial charge in [-0.3, -0.25) is 0 Å². The Bertz CT molecular complexity index is 119. The first-order valence-corrected chi connectivity index (χ1v) is 5.47.